The predicted octanol–water partition coefficient (Wildman–Crippen LogP) is 4.73. The highest BCUT2D eigenvalue weighted by atomic mass is 19.4. The molecular weight excluding hydrogens is 471 g/mol. The number of unbranched alkanes of at least 4 members (excludes halogenated alkanes) is 1. The molecule has 3 aromatic rings. The van der Waals surface area contributed by atoms with Crippen molar-refractivity contribution >= 4 is 11.9 Å². The van der Waals surface area contributed by atoms with E-state index in [1.54, 1.807) is 0 Å². The molecule has 0 saturated carbocycles. The minimum Gasteiger partial charge on any atom is -0.475 e. The molecule has 0 aromatic heterocycles. The van der Waals surface area contributed by atoms with E-state index in [-0.39, 0.29) is 5.91 Å². The summed E-state index contributed by atoms with van der Waals surface area (Å²) in [6.07, 6.45) is -2.64. The number of halogens is 3. The van der Waals surface area contributed by atoms with Crippen LogP contribution in [0.5, 0.6) is 0 Å². The second-order valence-electron chi connectivity index (χ2n) is 8.05. The fraction of sp³-hybridized carbons (Fsp3) is 0.259. The molecule has 9 heteroatoms. The van der Waals surface area contributed by atoms with Crippen LogP contribution < -0.4 is 16.8 Å². The van der Waals surface area contributed by atoms with E-state index in [1.165, 1.54) is 16.7 Å². The minimum absolute atomic E-state index is 0.109. The maximum atomic E-state index is 12.1. The first-order valence-electron chi connectivity index (χ1n) is 11.4. The van der Waals surface area contributed by atoms with Crippen LogP contribution in [0.15, 0.2) is 78.9 Å². The van der Waals surface area contributed by atoms with Gasteiger partial charge in [-0.3, -0.25) is 4.79 Å². The third kappa shape index (κ3) is 9.52. The number of hydrogen-bond acceptors (Lipinski definition) is 4. The first-order chi connectivity index (χ1) is 17.1. The van der Waals surface area contributed by atoms with E-state index in [0.29, 0.717) is 19.5 Å². The zero-order valence-electron chi connectivity index (χ0n) is 19.7. The van der Waals surface area contributed by atoms with Crippen LogP contribution in [0.25, 0.3) is 22.3 Å². The van der Waals surface area contributed by atoms with E-state index in [9.17, 15) is 18.0 Å². The molecule has 0 aliphatic carbocycles. The van der Waals surface area contributed by atoms with E-state index in [2.05, 4.69) is 53.8 Å². The maximum absolute atomic E-state index is 12.1. The molecule has 0 unspecified atom stereocenters. The van der Waals surface area contributed by atoms with Gasteiger partial charge in [-0.25, -0.2) is 4.79 Å². The molecule has 3 rings (SSSR count). The predicted molar refractivity (Wildman–Crippen MR) is 134 cm³/mol. The van der Waals surface area contributed by atoms with Crippen LogP contribution in [0.1, 0.15) is 24.8 Å². The lowest BCUT2D eigenvalue weighted by Crippen LogP contribution is -2.40. The van der Waals surface area contributed by atoms with Gasteiger partial charge >= 0.3 is 12.1 Å². The Labute approximate surface area is 208 Å². The molecule has 0 spiro atoms. The first-order valence-corrected chi connectivity index (χ1v) is 11.4. The van der Waals surface area contributed by atoms with Crippen LogP contribution in [-0.4, -0.2) is 35.7 Å². The Morgan fingerprint density at radius 1 is 0.806 bits per heavy atom. The summed E-state index contributed by atoms with van der Waals surface area (Å²) in [6, 6.07) is 26.7. The number of nitrogens with one attached hydrogen (secondary N) is 1. The molecule has 3 aromatic carbocycles. The maximum Gasteiger partial charge on any atom is 0.490 e. The second kappa shape index (κ2) is 14.0. The Balaban J connectivity index is 0.000000572. The number of hydrogen-bond donors (Lipinski definition) is 4. The van der Waals surface area contributed by atoms with Crippen LogP contribution in [0.4, 0.5) is 13.2 Å². The van der Waals surface area contributed by atoms with Gasteiger partial charge in [-0.1, -0.05) is 85.3 Å². The summed E-state index contributed by atoms with van der Waals surface area (Å²) in [5, 5.41) is 10.0. The van der Waals surface area contributed by atoms with Crippen molar-refractivity contribution in [1.82, 2.24) is 5.32 Å². The Kier molecular flexibility index (Phi) is 11.1. The van der Waals surface area contributed by atoms with Gasteiger partial charge in [-0.2, -0.15) is 13.2 Å². The number of carbonyl (C=O) groups is 2. The number of carboxylic acid groups (broad SMARTS) is 1. The standard InChI is InChI=1S/C25H29N3O.C2HF3O2/c26-17-5-4-8-24(27)25(29)28-18-19-9-11-21(12-10-19)23-15-13-22(14-16-23)20-6-2-1-3-7-20;3-2(4,5)1(6)7/h1-3,6-7,9-16,24H,4-5,8,17-18,26-27H2,(H,28,29);(H,6,7)/t24-;/m0./s1. The summed E-state index contributed by atoms with van der Waals surface area (Å²) in [7, 11) is 0. The second-order valence-corrected chi connectivity index (χ2v) is 8.05. The Morgan fingerprint density at radius 3 is 1.69 bits per heavy atom. The van der Waals surface area contributed by atoms with Crippen molar-refractivity contribution in [1.29, 1.82) is 0 Å². The average Bonchev–Trinajstić information content (AvgIpc) is 2.88. The van der Waals surface area contributed by atoms with Gasteiger partial charge < -0.3 is 21.9 Å². The highest BCUT2D eigenvalue weighted by Crippen LogP contribution is 2.25. The van der Waals surface area contributed by atoms with Gasteiger partial charge in [0.15, 0.2) is 0 Å². The van der Waals surface area contributed by atoms with Gasteiger partial charge in [0, 0.05) is 6.54 Å². The summed E-state index contributed by atoms with van der Waals surface area (Å²) in [5.41, 5.74) is 17.2. The van der Waals surface area contributed by atoms with Gasteiger partial charge in [0.1, 0.15) is 0 Å². The Hall–Kier alpha value is -3.69. The fourth-order valence-corrected chi connectivity index (χ4v) is 3.26. The van der Waals surface area contributed by atoms with Gasteiger partial charge in [0.25, 0.3) is 0 Å². The van der Waals surface area contributed by atoms with Crippen LogP contribution >= 0.6 is 0 Å². The summed E-state index contributed by atoms with van der Waals surface area (Å²) < 4.78 is 31.7. The number of amides is 1. The number of nitrogens with two attached hydrogens (primary N) is 2. The van der Waals surface area contributed by atoms with Gasteiger partial charge in [-0.05, 0) is 47.2 Å². The molecule has 1 atom stereocenters. The van der Waals surface area contributed by atoms with Crippen molar-refractivity contribution in [2.24, 2.45) is 11.5 Å². The average molecular weight is 502 g/mol. The number of aliphatic carboxylic acids is 1. The largest absolute Gasteiger partial charge is 0.490 e. The van der Waals surface area contributed by atoms with Gasteiger partial charge in [-0.15, -0.1) is 0 Å². The van der Waals surface area contributed by atoms with Gasteiger partial charge in [0.2, 0.25) is 5.91 Å². The van der Waals surface area contributed by atoms with Crippen LogP contribution in [0.2, 0.25) is 0 Å². The number of benzene rings is 3. The molecule has 6 nitrogen and oxygen atoms in total. The van der Waals surface area contributed by atoms with Crippen LogP contribution in [-0.2, 0) is 16.1 Å². The quantitative estimate of drug-likeness (QED) is 0.316. The number of carboxylic acids is 1. The minimum atomic E-state index is -5.08. The van der Waals surface area contributed by atoms with E-state index < -0.39 is 18.2 Å². The van der Waals surface area contributed by atoms with Crippen molar-refractivity contribution < 1.29 is 27.9 Å². The fourth-order valence-electron chi connectivity index (χ4n) is 3.26. The van der Waals surface area contributed by atoms with Crippen molar-refractivity contribution in [2.75, 3.05) is 6.54 Å². The lowest BCUT2D eigenvalue weighted by Gasteiger charge is -2.12. The molecule has 192 valence electrons. The Bertz CT molecular complexity index is 1090. The van der Waals surface area contributed by atoms with Crippen molar-refractivity contribution in [2.45, 2.75) is 38.0 Å². The topological polar surface area (TPSA) is 118 Å². The van der Waals surface area contributed by atoms with Crippen molar-refractivity contribution in [3.63, 3.8) is 0 Å². The molecule has 1 amide bonds. The van der Waals surface area contributed by atoms with Gasteiger partial charge in [0.05, 0.1) is 6.04 Å². The van der Waals surface area contributed by atoms with E-state index in [4.69, 9.17) is 21.4 Å². The van der Waals surface area contributed by atoms with Crippen molar-refractivity contribution in [3.05, 3.63) is 84.4 Å². The molecule has 6 N–H and O–H groups in total. The molecule has 0 aliphatic heterocycles. The third-order valence-corrected chi connectivity index (χ3v) is 5.29. The van der Waals surface area contributed by atoms with E-state index in [0.717, 1.165) is 24.0 Å². The molecule has 36 heavy (non-hydrogen) atoms. The summed E-state index contributed by atoms with van der Waals surface area (Å²) in [5.74, 6) is -2.87. The highest BCUT2D eigenvalue weighted by molar-refractivity contribution is 5.81. The first kappa shape index (κ1) is 28.5. The monoisotopic (exact) mass is 501 g/mol. The smallest absolute Gasteiger partial charge is 0.475 e. The molecule has 0 saturated heterocycles. The molecule has 0 radical (unpaired) electrons. The molecule has 0 fully saturated rings. The third-order valence-electron chi connectivity index (χ3n) is 5.29. The molecular formula is C27H30F3N3O3. The van der Waals surface area contributed by atoms with E-state index in [1.807, 2.05) is 30.3 Å². The van der Waals surface area contributed by atoms with Crippen LogP contribution in [0.3, 0.4) is 0 Å². The summed E-state index contributed by atoms with van der Waals surface area (Å²) in [6.45, 7) is 1.12. The lowest BCUT2D eigenvalue weighted by molar-refractivity contribution is -0.192. The van der Waals surface area contributed by atoms with Crippen molar-refractivity contribution in [3.8, 4) is 22.3 Å². The number of carbonyl (C=O) groups excluding carboxylic acids is 1. The normalized spacial score (nSPS) is 11.7. The highest BCUT2D eigenvalue weighted by Gasteiger charge is 2.38. The Morgan fingerprint density at radius 2 is 1.25 bits per heavy atom. The molecule has 0 bridgehead atoms. The lowest BCUT2D eigenvalue weighted by atomic mass is 9.99. The number of rotatable bonds is 9. The molecule has 0 aliphatic rings. The molecule has 0 heterocycles. The van der Waals surface area contributed by atoms with E-state index >= 15 is 0 Å². The summed E-state index contributed by atoms with van der Waals surface area (Å²) >= 11 is 0. The van der Waals surface area contributed by atoms with Crippen LogP contribution in [0, 0.1) is 0 Å². The SMILES string of the molecule is NCCCC[C@H](N)C(=O)NCc1ccc(-c2ccc(-c3ccccc3)cc2)cc1.O=C(O)C(F)(F)F. The number of alkyl halides is 3. The zero-order valence-corrected chi connectivity index (χ0v) is 19.7. The summed E-state index contributed by atoms with van der Waals surface area (Å²) in [4.78, 5) is 21.0. The zero-order chi connectivity index (χ0) is 26.6.